The van der Waals surface area contributed by atoms with Crippen LogP contribution in [0.5, 0.6) is 0 Å². The predicted octanol–water partition coefficient (Wildman–Crippen LogP) is 2.77. The maximum atomic E-state index is 4.52. The van der Waals surface area contributed by atoms with Crippen molar-refractivity contribution in [3.05, 3.63) is 24.2 Å². The van der Waals surface area contributed by atoms with E-state index in [9.17, 15) is 0 Å². The van der Waals surface area contributed by atoms with Crippen LogP contribution in [0.3, 0.4) is 0 Å². The SMILES string of the molecule is Cc1cnc2[nH]c(SN3CCCC3)cc2c1-c1ncn(C)n1. The molecular weight excluding hydrogens is 296 g/mol. The van der Waals surface area contributed by atoms with Gasteiger partial charge in [-0.25, -0.2) is 14.3 Å². The van der Waals surface area contributed by atoms with Crippen LogP contribution in [0.4, 0.5) is 0 Å². The van der Waals surface area contributed by atoms with Crippen LogP contribution >= 0.6 is 11.9 Å². The van der Waals surface area contributed by atoms with Crippen LogP contribution in [0.2, 0.25) is 0 Å². The van der Waals surface area contributed by atoms with Crippen LogP contribution in [-0.2, 0) is 7.05 Å². The van der Waals surface area contributed by atoms with Crippen LogP contribution in [0.1, 0.15) is 18.4 Å². The molecule has 4 rings (SSSR count). The quantitative estimate of drug-likeness (QED) is 0.753. The summed E-state index contributed by atoms with van der Waals surface area (Å²) in [4.78, 5) is 12.3. The molecule has 7 heteroatoms. The zero-order valence-corrected chi connectivity index (χ0v) is 13.5. The fraction of sp³-hybridized carbons (Fsp3) is 0.400. The minimum absolute atomic E-state index is 0.754. The Kier molecular flexibility index (Phi) is 3.38. The molecule has 1 aliphatic heterocycles. The van der Waals surface area contributed by atoms with Crippen LogP contribution in [0, 0.1) is 6.92 Å². The van der Waals surface area contributed by atoms with Gasteiger partial charge in [0.1, 0.15) is 12.0 Å². The lowest BCUT2D eigenvalue weighted by Gasteiger charge is -2.10. The highest BCUT2D eigenvalue weighted by atomic mass is 32.2. The summed E-state index contributed by atoms with van der Waals surface area (Å²) in [5, 5.41) is 6.67. The third-order valence-corrected chi connectivity index (χ3v) is 4.98. The molecule has 22 heavy (non-hydrogen) atoms. The third kappa shape index (κ3) is 2.40. The first-order valence-corrected chi connectivity index (χ1v) is 8.25. The van der Waals surface area contributed by atoms with E-state index in [1.54, 1.807) is 23.0 Å². The average Bonchev–Trinajstić information content (AvgIpc) is 3.20. The summed E-state index contributed by atoms with van der Waals surface area (Å²) in [5.74, 6) is 0.754. The first-order valence-electron chi connectivity index (χ1n) is 7.48. The van der Waals surface area contributed by atoms with Gasteiger partial charge < -0.3 is 4.98 Å². The summed E-state index contributed by atoms with van der Waals surface area (Å²) < 4.78 is 4.13. The molecule has 1 N–H and O–H groups in total. The number of nitrogens with zero attached hydrogens (tertiary/aromatic N) is 5. The summed E-state index contributed by atoms with van der Waals surface area (Å²) in [6, 6.07) is 2.17. The van der Waals surface area contributed by atoms with Gasteiger partial charge in [-0.1, -0.05) is 0 Å². The van der Waals surface area contributed by atoms with E-state index in [1.807, 2.05) is 13.2 Å². The Morgan fingerprint density at radius 3 is 2.77 bits per heavy atom. The van der Waals surface area contributed by atoms with Crippen LogP contribution < -0.4 is 0 Å². The van der Waals surface area contributed by atoms with Crippen molar-refractivity contribution in [2.24, 2.45) is 7.05 Å². The zero-order chi connectivity index (χ0) is 15.1. The smallest absolute Gasteiger partial charge is 0.182 e. The number of pyridine rings is 1. The van der Waals surface area contributed by atoms with Crippen molar-refractivity contribution in [2.75, 3.05) is 13.1 Å². The molecule has 0 saturated carbocycles. The molecule has 0 unspecified atom stereocenters. The van der Waals surface area contributed by atoms with Gasteiger partial charge in [-0.3, -0.25) is 4.68 Å². The van der Waals surface area contributed by atoms with E-state index in [4.69, 9.17) is 0 Å². The molecule has 0 atom stereocenters. The van der Waals surface area contributed by atoms with Crippen molar-refractivity contribution in [1.82, 2.24) is 29.0 Å². The molecule has 6 nitrogen and oxygen atoms in total. The lowest BCUT2D eigenvalue weighted by atomic mass is 10.1. The van der Waals surface area contributed by atoms with E-state index < -0.39 is 0 Å². The van der Waals surface area contributed by atoms with Gasteiger partial charge in [0.2, 0.25) is 0 Å². The fourth-order valence-electron chi connectivity index (χ4n) is 2.87. The van der Waals surface area contributed by atoms with Crippen LogP contribution in [0.15, 0.2) is 23.6 Å². The van der Waals surface area contributed by atoms with Gasteiger partial charge in [-0.2, -0.15) is 5.10 Å². The summed E-state index contributed by atoms with van der Waals surface area (Å²) in [6.45, 7) is 4.36. The summed E-state index contributed by atoms with van der Waals surface area (Å²) in [5.41, 5.74) is 3.06. The molecule has 0 aromatic carbocycles. The number of hydrogen-bond donors (Lipinski definition) is 1. The molecule has 1 aliphatic rings. The standard InChI is InChI=1S/C15H18N6S/c1-10-8-16-14-11(13(10)15-17-9-20(2)19-15)7-12(18-14)22-21-5-3-4-6-21/h7-9H,3-6H2,1-2H3,(H,16,18). The maximum absolute atomic E-state index is 4.52. The average molecular weight is 314 g/mol. The number of nitrogens with one attached hydrogen (secondary N) is 1. The first-order chi connectivity index (χ1) is 10.7. The van der Waals surface area contributed by atoms with E-state index in [-0.39, 0.29) is 0 Å². The number of fused-ring (bicyclic) bond motifs is 1. The van der Waals surface area contributed by atoms with Gasteiger partial charge >= 0.3 is 0 Å². The van der Waals surface area contributed by atoms with Crippen LogP contribution in [0.25, 0.3) is 22.4 Å². The number of H-pyrrole nitrogens is 1. The largest absolute Gasteiger partial charge is 0.333 e. The summed E-state index contributed by atoms with van der Waals surface area (Å²) >= 11 is 1.78. The second kappa shape index (κ2) is 5.40. The molecule has 0 bridgehead atoms. The molecule has 4 heterocycles. The van der Waals surface area contributed by atoms with E-state index in [0.717, 1.165) is 46.1 Å². The number of aryl methyl sites for hydroxylation is 2. The fourth-order valence-corrected chi connectivity index (χ4v) is 3.90. The highest BCUT2D eigenvalue weighted by Crippen LogP contribution is 2.33. The van der Waals surface area contributed by atoms with Crippen molar-refractivity contribution in [3.63, 3.8) is 0 Å². The van der Waals surface area contributed by atoms with Crippen LogP contribution in [-0.4, -0.2) is 42.1 Å². The first kappa shape index (κ1) is 13.8. The Balaban J connectivity index is 1.78. The zero-order valence-electron chi connectivity index (χ0n) is 12.7. The molecule has 0 radical (unpaired) electrons. The molecular formula is C15H18N6S. The topological polar surface area (TPSA) is 62.6 Å². The van der Waals surface area contributed by atoms with Gasteiger partial charge in [-0.15, -0.1) is 0 Å². The number of aromatic nitrogens is 5. The molecule has 3 aromatic rings. The normalized spacial score (nSPS) is 15.9. The van der Waals surface area contributed by atoms with Gasteiger partial charge in [0.05, 0.1) is 5.03 Å². The lowest BCUT2D eigenvalue weighted by molar-refractivity contribution is 0.585. The van der Waals surface area contributed by atoms with Gasteiger partial charge in [0, 0.05) is 37.3 Å². The third-order valence-electron chi connectivity index (χ3n) is 3.94. The van der Waals surface area contributed by atoms with Crippen molar-refractivity contribution in [2.45, 2.75) is 24.8 Å². The minimum atomic E-state index is 0.754. The number of aromatic amines is 1. The Labute approximate surface area is 133 Å². The second-order valence-electron chi connectivity index (χ2n) is 5.68. The molecule has 0 amide bonds. The van der Waals surface area contributed by atoms with E-state index >= 15 is 0 Å². The molecule has 0 spiro atoms. The monoisotopic (exact) mass is 314 g/mol. The van der Waals surface area contributed by atoms with E-state index in [2.05, 4.69) is 37.3 Å². The molecule has 3 aromatic heterocycles. The predicted molar refractivity (Wildman–Crippen MR) is 87.5 cm³/mol. The highest BCUT2D eigenvalue weighted by Gasteiger charge is 2.18. The molecule has 1 saturated heterocycles. The van der Waals surface area contributed by atoms with Gasteiger partial charge in [0.15, 0.2) is 5.82 Å². The lowest BCUT2D eigenvalue weighted by Crippen LogP contribution is -2.08. The Morgan fingerprint density at radius 1 is 1.23 bits per heavy atom. The molecule has 0 aliphatic carbocycles. The van der Waals surface area contributed by atoms with Crippen molar-refractivity contribution in [3.8, 4) is 11.4 Å². The Hall–Kier alpha value is -1.86. The highest BCUT2D eigenvalue weighted by molar-refractivity contribution is 7.97. The van der Waals surface area contributed by atoms with Gasteiger partial charge in [0.25, 0.3) is 0 Å². The molecule has 1 fully saturated rings. The van der Waals surface area contributed by atoms with Gasteiger partial charge in [-0.05, 0) is 43.3 Å². The molecule has 114 valence electrons. The maximum Gasteiger partial charge on any atom is 0.182 e. The van der Waals surface area contributed by atoms with Crippen molar-refractivity contribution >= 4 is 23.0 Å². The Bertz CT molecular complexity index is 815. The minimum Gasteiger partial charge on any atom is -0.333 e. The number of rotatable bonds is 3. The van der Waals surface area contributed by atoms with E-state index in [0.29, 0.717) is 0 Å². The van der Waals surface area contributed by atoms with E-state index in [1.165, 1.54) is 12.8 Å². The van der Waals surface area contributed by atoms with Crippen molar-refractivity contribution < 1.29 is 0 Å². The number of hydrogen-bond acceptors (Lipinski definition) is 5. The second-order valence-corrected chi connectivity index (χ2v) is 6.82. The summed E-state index contributed by atoms with van der Waals surface area (Å²) in [7, 11) is 1.88. The van der Waals surface area contributed by atoms with Crippen molar-refractivity contribution in [1.29, 1.82) is 0 Å². The summed E-state index contributed by atoms with van der Waals surface area (Å²) in [6.07, 6.45) is 6.18. The Morgan fingerprint density at radius 2 is 2.05 bits per heavy atom.